The van der Waals surface area contributed by atoms with Gasteiger partial charge in [0.2, 0.25) is 0 Å². The summed E-state index contributed by atoms with van der Waals surface area (Å²) in [5.41, 5.74) is 0. The average Bonchev–Trinajstić information content (AvgIpc) is 1.76. The monoisotopic (exact) mass is 451 g/mol. The first-order chi connectivity index (χ1) is 6.93. The third-order valence-corrected chi connectivity index (χ3v) is 0. The second kappa shape index (κ2) is 31.0. The first kappa shape index (κ1) is 36.6. The minimum absolute atomic E-state index is 0. The van der Waals surface area contributed by atoms with E-state index in [0.717, 1.165) is 0 Å². The fraction of sp³-hybridized carbons (Fsp3) is 0. The molecule has 0 saturated carbocycles. The summed E-state index contributed by atoms with van der Waals surface area (Å²) in [7, 11) is -10.7. The number of hydrogen-bond donors (Lipinski definition) is 8. The third kappa shape index (κ3) is 2470. The van der Waals surface area contributed by atoms with Gasteiger partial charge in [0.05, 0.1) is 0 Å². The molecule has 0 unspecified atom stereocenters. The molecule has 0 aliphatic rings. The van der Waals surface area contributed by atoms with Crippen LogP contribution in [0.25, 0.3) is 0 Å². The van der Waals surface area contributed by atoms with Crippen LogP contribution in [0.3, 0.4) is 0 Å². The summed E-state index contributed by atoms with van der Waals surface area (Å²) in [5.74, 6) is 0. The minimum atomic E-state index is -2.67. The molecule has 1 radical (unpaired) electrons. The molecule has 0 fully saturated rings. The van der Waals surface area contributed by atoms with Crippen LogP contribution in [0.2, 0.25) is 0 Å². The van der Waals surface area contributed by atoms with Crippen LogP contribution < -0.4 is 0 Å². The van der Waals surface area contributed by atoms with Crippen molar-refractivity contribution in [3.8, 4) is 0 Å². The zero-order valence-electron chi connectivity index (χ0n) is 8.33. The van der Waals surface area contributed by atoms with E-state index >= 15 is 0 Å². The van der Waals surface area contributed by atoms with Gasteiger partial charge in [-0.2, -0.15) is 0 Å². The van der Waals surface area contributed by atoms with E-state index in [1.54, 1.807) is 0 Å². The smallest absolute Gasteiger partial charge is 0.398 e. The Balaban J connectivity index is -0.0000000257. The van der Waals surface area contributed by atoms with Crippen molar-refractivity contribution in [2.24, 2.45) is 0 Å². The Kier molecular flexibility index (Phi) is 63.0. The van der Waals surface area contributed by atoms with E-state index in [2.05, 4.69) is 0 Å². The zero-order valence-corrected chi connectivity index (χ0v) is 13.1. The van der Waals surface area contributed by atoms with Gasteiger partial charge >= 0.3 is 29.6 Å². The van der Waals surface area contributed by atoms with Crippen molar-refractivity contribution < 1.29 is 110 Å². The molecule has 18 heavy (non-hydrogen) atoms. The molecule has 0 aliphatic carbocycles. The topological polar surface area (TPSA) is 162 Å². The molecule has 0 saturated heterocycles. The maximum Gasteiger partial charge on any atom is 0.674 e. The van der Waals surface area contributed by atoms with E-state index in [9.17, 15) is 17.3 Å². The fourth-order valence-electron chi connectivity index (χ4n) is 0. The molecule has 0 heterocycles. The Hall–Kier alpha value is 1.37. The summed E-state index contributed by atoms with van der Waals surface area (Å²) >= 11 is 0. The quantitative estimate of drug-likeness (QED) is 0.136. The van der Waals surface area contributed by atoms with Gasteiger partial charge in [0.1, 0.15) is 0 Å². The molecular weight excluding hydrogens is 442 g/mol. The van der Waals surface area contributed by atoms with Gasteiger partial charge < -0.3 is 40.2 Å². The molecular formula is H8B4F4FeLaO8. The summed E-state index contributed by atoms with van der Waals surface area (Å²) in [4.78, 5) is 0. The van der Waals surface area contributed by atoms with E-state index in [1.807, 2.05) is 0 Å². The molecule has 0 aromatic rings. The SMILES string of the molecule is OB(O)F.OB(O)F.OB(O)F.OB(O)F.[Fe].[La]. The van der Waals surface area contributed by atoms with Crippen molar-refractivity contribution in [3.05, 3.63) is 0 Å². The average molecular weight is 450 g/mol. The second-order valence-corrected chi connectivity index (χ2v) is 1.24. The first-order valence-electron chi connectivity index (χ1n) is 2.94. The van der Waals surface area contributed by atoms with Crippen molar-refractivity contribution >= 4 is 29.6 Å². The van der Waals surface area contributed by atoms with E-state index in [4.69, 9.17) is 40.2 Å². The van der Waals surface area contributed by atoms with E-state index in [-0.39, 0.29) is 52.7 Å². The molecule has 107 valence electrons. The molecule has 0 bridgehead atoms. The summed E-state index contributed by atoms with van der Waals surface area (Å²) in [6, 6.07) is 0. The van der Waals surface area contributed by atoms with Crippen LogP contribution in [0.15, 0.2) is 0 Å². The van der Waals surface area contributed by atoms with Crippen molar-refractivity contribution in [1.82, 2.24) is 0 Å². The van der Waals surface area contributed by atoms with Crippen LogP contribution in [0, 0.1) is 35.6 Å². The van der Waals surface area contributed by atoms with Gasteiger partial charge in [0.25, 0.3) is 0 Å². The van der Waals surface area contributed by atoms with E-state index < -0.39 is 29.6 Å². The molecule has 0 aromatic heterocycles. The molecule has 8 N–H and O–H groups in total. The summed E-state index contributed by atoms with van der Waals surface area (Å²) in [5, 5.41) is 55.6. The van der Waals surface area contributed by atoms with Crippen molar-refractivity contribution in [1.29, 1.82) is 0 Å². The predicted molar refractivity (Wildman–Crippen MR) is 45.2 cm³/mol. The summed E-state index contributed by atoms with van der Waals surface area (Å²) in [6.07, 6.45) is 0. The number of hydrogen-bond acceptors (Lipinski definition) is 8. The van der Waals surface area contributed by atoms with Crippen LogP contribution in [-0.2, 0) is 17.1 Å². The van der Waals surface area contributed by atoms with Gasteiger partial charge in [0, 0.05) is 52.7 Å². The van der Waals surface area contributed by atoms with E-state index in [0.29, 0.717) is 0 Å². The molecule has 18 heteroatoms. The standard InChI is InChI=1S/4BFH2O2.Fe.La/c4*2-1(3)4;;/h4*3-4H;;. The van der Waals surface area contributed by atoms with E-state index in [1.165, 1.54) is 0 Å². The zero-order chi connectivity index (χ0) is 14.3. The maximum atomic E-state index is 10.1. The Morgan fingerprint density at radius 1 is 0.444 bits per heavy atom. The number of rotatable bonds is 0. The van der Waals surface area contributed by atoms with Gasteiger partial charge in [-0.15, -0.1) is 0 Å². The van der Waals surface area contributed by atoms with Gasteiger partial charge in [-0.05, 0) is 0 Å². The Labute approximate surface area is 139 Å². The second-order valence-electron chi connectivity index (χ2n) is 1.24. The van der Waals surface area contributed by atoms with Crippen LogP contribution in [0.5, 0.6) is 0 Å². The number of halogens is 4. The molecule has 0 aliphatic heterocycles. The Bertz CT molecular complexity index is 78.1. The van der Waals surface area contributed by atoms with Crippen molar-refractivity contribution in [2.75, 3.05) is 0 Å². The van der Waals surface area contributed by atoms with Gasteiger partial charge in [-0.1, -0.05) is 0 Å². The first-order valence-corrected chi connectivity index (χ1v) is 2.94. The van der Waals surface area contributed by atoms with Crippen LogP contribution >= 0.6 is 0 Å². The van der Waals surface area contributed by atoms with Gasteiger partial charge in [-0.25, -0.2) is 0 Å². The molecule has 0 spiro atoms. The Morgan fingerprint density at radius 2 is 0.444 bits per heavy atom. The largest absolute Gasteiger partial charge is 0.674 e. The van der Waals surface area contributed by atoms with Gasteiger partial charge in [0.15, 0.2) is 0 Å². The van der Waals surface area contributed by atoms with Crippen LogP contribution in [0.1, 0.15) is 0 Å². The Morgan fingerprint density at radius 3 is 0.444 bits per heavy atom. The fourth-order valence-corrected chi connectivity index (χ4v) is 0. The van der Waals surface area contributed by atoms with Crippen molar-refractivity contribution in [3.63, 3.8) is 0 Å². The summed E-state index contributed by atoms with van der Waals surface area (Å²) < 4.78 is 40.4. The molecule has 0 amide bonds. The maximum absolute atomic E-state index is 10.1. The molecule has 0 aromatic carbocycles. The summed E-state index contributed by atoms with van der Waals surface area (Å²) in [6.45, 7) is 0. The van der Waals surface area contributed by atoms with Crippen LogP contribution in [-0.4, -0.2) is 69.8 Å². The molecule has 8 nitrogen and oxygen atoms in total. The van der Waals surface area contributed by atoms with Gasteiger partial charge in [-0.3, -0.25) is 17.3 Å². The predicted octanol–water partition coefficient (Wildman–Crippen LogP) is -4.30. The van der Waals surface area contributed by atoms with Crippen molar-refractivity contribution in [2.45, 2.75) is 0 Å². The third-order valence-electron chi connectivity index (χ3n) is 0. The minimum Gasteiger partial charge on any atom is -0.398 e. The normalized spacial score (nSPS) is 6.00. The molecule has 0 rings (SSSR count). The van der Waals surface area contributed by atoms with Crippen LogP contribution in [0.4, 0.5) is 17.3 Å². The molecule has 0 atom stereocenters.